The summed E-state index contributed by atoms with van der Waals surface area (Å²) in [4.78, 5) is 20.3. The number of piperazine rings is 1. The second-order valence-corrected chi connectivity index (χ2v) is 5.51. The van der Waals surface area contributed by atoms with E-state index in [0.717, 1.165) is 11.5 Å². The maximum Gasteiger partial charge on any atom is 0.317 e. The number of nitrogens with zero attached hydrogens (tertiary/aromatic N) is 4. The van der Waals surface area contributed by atoms with Gasteiger partial charge in [0.15, 0.2) is 0 Å². The minimum Gasteiger partial charge on any atom is -0.338 e. The molecule has 1 aliphatic rings. The standard InChI is InChI=1S/C15H19FN6O/c1-11(12-2-4-13(16)5-3-12)19-15(23)22-8-6-21(7-9-22)14-17-10-18-20-14/h2-5,10-11H,6-9H2,1H3,(H,19,23)(H,17,18,20)/t11-/m0/s1. The van der Waals surface area contributed by atoms with Gasteiger partial charge in [-0.25, -0.2) is 14.3 Å². The first-order valence-electron chi connectivity index (χ1n) is 7.54. The third kappa shape index (κ3) is 3.58. The van der Waals surface area contributed by atoms with Crippen molar-refractivity contribution in [3.63, 3.8) is 0 Å². The van der Waals surface area contributed by atoms with Gasteiger partial charge in [-0.05, 0) is 24.6 Å². The highest BCUT2D eigenvalue weighted by atomic mass is 19.1. The van der Waals surface area contributed by atoms with Crippen LogP contribution in [0.1, 0.15) is 18.5 Å². The molecule has 0 bridgehead atoms. The first kappa shape index (κ1) is 15.3. The molecule has 2 aromatic rings. The van der Waals surface area contributed by atoms with Crippen molar-refractivity contribution in [1.82, 2.24) is 25.4 Å². The van der Waals surface area contributed by atoms with Crippen LogP contribution >= 0.6 is 0 Å². The summed E-state index contributed by atoms with van der Waals surface area (Å²) in [5.41, 5.74) is 0.875. The van der Waals surface area contributed by atoms with Crippen molar-refractivity contribution in [3.8, 4) is 0 Å². The third-order valence-electron chi connectivity index (χ3n) is 3.98. The lowest BCUT2D eigenvalue weighted by atomic mass is 10.1. The smallest absolute Gasteiger partial charge is 0.317 e. The van der Waals surface area contributed by atoms with Crippen LogP contribution in [0.2, 0.25) is 0 Å². The van der Waals surface area contributed by atoms with Crippen molar-refractivity contribution >= 4 is 12.0 Å². The van der Waals surface area contributed by atoms with Gasteiger partial charge < -0.3 is 15.1 Å². The molecular formula is C15H19FN6O. The molecule has 0 spiro atoms. The summed E-state index contributed by atoms with van der Waals surface area (Å²) in [6.45, 7) is 4.52. The molecule has 1 saturated heterocycles. The van der Waals surface area contributed by atoms with Crippen LogP contribution in [0.4, 0.5) is 15.1 Å². The Kier molecular flexibility index (Phi) is 4.40. The summed E-state index contributed by atoms with van der Waals surface area (Å²) in [6.07, 6.45) is 1.47. The molecule has 3 rings (SSSR count). The van der Waals surface area contributed by atoms with Gasteiger partial charge in [0.2, 0.25) is 5.95 Å². The van der Waals surface area contributed by atoms with Crippen LogP contribution < -0.4 is 10.2 Å². The van der Waals surface area contributed by atoms with Crippen LogP contribution in [0, 0.1) is 5.82 Å². The number of nitrogens with one attached hydrogen (secondary N) is 2. The van der Waals surface area contributed by atoms with Crippen LogP contribution in [0.5, 0.6) is 0 Å². The molecule has 0 saturated carbocycles. The molecule has 1 fully saturated rings. The predicted molar refractivity (Wildman–Crippen MR) is 83.5 cm³/mol. The Hall–Kier alpha value is -2.64. The summed E-state index contributed by atoms with van der Waals surface area (Å²) < 4.78 is 12.9. The lowest BCUT2D eigenvalue weighted by Crippen LogP contribution is -2.52. The molecule has 0 radical (unpaired) electrons. The van der Waals surface area contributed by atoms with E-state index in [1.165, 1.54) is 18.5 Å². The molecule has 1 aromatic carbocycles. The molecule has 122 valence electrons. The van der Waals surface area contributed by atoms with E-state index >= 15 is 0 Å². The van der Waals surface area contributed by atoms with E-state index in [0.29, 0.717) is 26.2 Å². The fourth-order valence-corrected chi connectivity index (χ4v) is 2.58. The van der Waals surface area contributed by atoms with Crippen molar-refractivity contribution in [1.29, 1.82) is 0 Å². The highest BCUT2D eigenvalue weighted by Crippen LogP contribution is 2.14. The second-order valence-electron chi connectivity index (χ2n) is 5.51. The van der Waals surface area contributed by atoms with Crippen molar-refractivity contribution in [2.45, 2.75) is 13.0 Å². The summed E-state index contributed by atoms with van der Waals surface area (Å²) in [7, 11) is 0. The summed E-state index contributed by atoms with van der Waals surface area (Å²) in [5.74, 6) is 0.445. The van der Waals surface area contributed by atoms with E-state index in [1.807, 2.05) is 6.92 Å². The van der Waals surface area contributed by atoms with Crippen molar-refractivity contribution in [3.05, 3.63) is 42.0 Å². The normalized spacial score (nSPS) is 16.3. The molecule has 7 nitrogen and oxygen atoms in total. The number of hydrogen-bond donors (Lipinski definition) is 2. The number of hydrogen-bond acceptors (Lipinski definition) is 4. The van der Waals surface area contributed by atoms with Gasteiger partial charge in [-0.15, -0.1) is 0 Å². The number of carbonyl (C=O) groups is 1. The molecule has 0 unspecified atom stereocenters. The number of halogens is 1. The molecular weight excluding hydrogens is 299 g/mol. The van der Waals surface area contributed by atoms with Gasteiger partial charge in [-0.2, -0.15) is 10.1 Å². The van der Waals surface area contributed by atoms with Gasteiger partial charge in [0, 0.05) is 26.2 Å². The van der Waals surface area contributed by atoms with Crippen LogP contribution in [0.3, 0.4) is 0 Å². The maximum atomic E-state index is 12.9. The van der Waals surface area contributed by atoms with Gasteiger partial charge in [0.1, 0.15) is 12.1 Å². The molecule has 0 aliphatic carbocycles. The highest BCUT2D eigenvalue weighted by molar-refractivity contribution is 5.75. The number of rotatable bonds is 3. The summed E-state index contributed by atoms with van der Waals surface area (Å²) in [6, 6.07) is 5.88. The van der Waals surface area contributed by atoms with Crippen LogP contribution in [0.25, 0.3) is 0 Å². The van der Waals surface area contributed by atoms with E-state index in [4.69, 9.17) is 0 Å². The first-order valence-corrected chi connectivity index (χ1v) is 7.54. The molecule has 8 heteroatoms. The van der Waals surface area contributed by atoms with E-state index in [1.54, 1.807) is 17.0 Å². The van der Waals surface area contributed by atoms with Gasteiger partial charge in [-0.3, -0.25) is 0 Å². The monoisotopic (exact) mass is 318 g/mol. The summed E-state index contributed by atoms with van der Waals surface area (Å²) in [5, 5.41) is 9.60. The average molecular weight is 318 g/mol. The molecule has 2 heterocycles. The van der Waals surface area contributed by atoms with Gasteiger partial charge in [-0.1, -0.05) is 12.1 Å². The molecule has 1 aromatic heterocycles. The van der Waals surface area contributed by atoms with Gasteiger partial charge >= 0.3 is 6.03 Å². The van der Waals surface area contributed by atoms with E-state index in [9.17, 15) is 9.18 Å². The Labute approximate surface area is 133 Å². The number of benzene rings is 1. The fraction of sp³-hybridized carbons (Fsp3) is 0.400. The van der Waals surface area contributed by atoms with Crippen molar-refractivity contribution in [2.75, 3.05) is 31.1 Å². The second kappa shape index (κ2) is 6.64. The van der Waals surface area contributed by atoms with E-state index in [-0.39, 0.29) is 17.9 Å². The zero-order valence-corrected chi connectivity index (χ0v) is 12.9. The average Bonchev–Trinajstić information content (AvgIpc) is 3.10. The Morgan fingerprint density at radius 1 is 1.26 bits per heavy atom. The number of anilines is 1. The molecule has 23 heavy (non-hydrogen) atoms. The molecule has 2 amide bonds. The minimum atomic E-state index is -0.282. The minimum absolute atomic E-state index is 0.112. The maximum absolute atomic E-state index is 12.9. The SMILES string of the molecule is C[C@H](NC(=O)N1CCN(c2ncn[nH]2)CC1)c1ccc(F)cc1. The number of urea groups is 1. The Morgan fingerprint density at radius 2 is 1.96 bits per heavy atom. The van der Waals surface area contributed by atoms with Crippen molar-refractivity contribution < 1.29 is 9.18 Å². The largest absolute Gasteiger partial charge is 0.338 e. The van der Waals surface area contributed by atoms with Gasteiger partial charge in [0.05, 0.1) is 6.04 Å². The molecule has 1 atom stereocenters. The Morgan fingerprint density at radius 3 is 2.57 bits per heavy atom. The highest BCUT2D eigenvalue weighted by Gasteiger charge is 2.23. The van der Waals surface area contributed by atoms with E-state index in [2.05, 4.69) is 25.4 Å². The number of amides is 2. The predicted octanol–water partition coefficient (Wildman–Crippen LogP) is 1.54. The quantitative estimate of drug-likeness (QED) is 0.900. The third-order valence-corrected chi connectivity index (χ3v) is 3.98. The number of H-pyrrole nitrogens is 1. The lowest BCUT2D eigenvalue weighted by Gasteiger charge is -2.35. The Balaban J connectivity index is 1.52. The van der Waals surface area contributed by atoms with E-state index < -0.39 is 0 Å². The molecule has 2 N–H and O–H groups in total. The number of carbonyl (C=O) groups excluding carboxylic acids is 1. The van der Waals surface area contributed by atoms with Crippen LogP contribution in [-0.4, -0.2) is 52.3 Å². The summed E-state index contributed by atoms with van der Waals surface area (Å²) >= 11 is 0. The number of aromatic amines is 1. The fourth-order valence-electron chi connectivity index (χ4n) is 2.58. The Bertz CT molecular complexity index is 636. The lowest BCUT2D eigenvalue weighted by molar-refractivity contribution is 0.191. The van der Waals surface area contributed by atoms with Crippen LogP contribution in [-0.2, 0) is 0 Å². The van der Waals surface area contributed by atoms with Gasteiger partial charge in [0.25, 0.3) is 0 Å². The zero-order valence-electron chi connectivity index (χ0n) is 12.9. The van der Waals surface area contributed by atoms with Crippen LogP contribution in [0.15, 0.2) is 30.6 Å². The topological polar surface area (TPSA) is 77.2 Å². The van der Waals surface area contributed by atoms with Crippen molar-refractivity contribution in [2.24, 2.45) is 0 Å². The first-order chi connectivity index (χ1) is 11.1. The number of aromatic nitrogens is 3. The molecule has 1 aliphatic heterocycles. The zero-order chi connectivity index (χ0) is 16.2.